The molecule has 0 saturated carbocycles. The first-order valence-corrected chi connectivity index (χ1v) is 7.64. The van der Waals surface area contributed by atoms with Crippen LogP contribution in [0.4, 0.5) is 0 Å². The van der Waals surface area contributed by atoms with Crippen LogP contribution in [0.1, 0.15) is 5.76 Å². The van der Waals surface area contributed by atoms with Gasteiger partial charge in [-0.25, -0.2) is 9.97 Å². The van der Waals surface area contributed by atoms with E-state index in [1.165, 1.54) is 6.33 Å². The van der Waals surface area contributed by atoms with Crippen molar-refractivity contribution in [1.29, 1.82) is 0 Å². The summed E-state index contributed by atoms with van der Waals surface area (Å²) in [7, 11) is 0. The van der Waals surface area contributed by atoms with Crippen molar-refractivity contribution in [1.82, 2.24) is 19.7 Å². The molecule has 23 heavy (non-hydrogen) atoms. The van der Waals surface area contributed by atoms with Gasteiger partial charge in [0.1, 0.15) is 22.8 Å². The van der Waals surface area contributed by atoms with E-state index in [0.29, 0.717) is 28.2 Å². The van der Waals surface area contributed by atoms with Crippen LogP contribution in [0.15, 0.2) is 53.4 Å². The standard InChI is InChI=1S/C16H10Cl2N4O/c17-13-4-2-1-3-11(13)14-7-10(23-21-14)8-22-6-5-12-15(18)19-9-20-16(12)22/h1-7,9H,8H2. The molecule has 0 spiro atoms. The van der Waals surface area contributed by atoms with Gasteiger partial charge in [0.2, 0.25) is 0 Å². The molecule has 1 aromatic carbocycles. The molecule has 0 aliphatic rings. The maximum absolute atomic E-state index is 6.19. The van der Waals surface area contributed by atoms with Crippen molar-refractivity contribution in [3.63, 3.8) is 0 Å². The summed E-state index contributed by atoms with van der Waals surface area (Å²) >= 11 is 12.2. The molecule has 0 amide bonds. The van der Waals surface area contributed by atoms with E-state index in [2.05, 4.69) is 15.1 Å². The zero-order valence-corrected chi connectivity index (χ0v) is 13.3. The molecule has 4 rings (SSSR count). The third-order valence-corrected chi connectivity index (χ3v) is 4.17. The Morgan fingerprint density at radius 3 is 2.83 bits per heavy atom. The molecule has 0 saturated heterocycles. The fourth-order valence-electron chi connectivity index (χ4n) is 2.45. The van der Waals surface area contributed by atoms with Crippen molar-refractivity contribution in [3.05, 3.63) is 64.9 Å². The van der Waals surface area contributed by atoms with Crippen LogP contribution in [-0.2, 0) is 6.54 Å². The van der Waals surface area contributed by atoms with E-state index in [9.17, 15) is 0 Å². The second kappa shape index (κ2) is 5.68. The van der Waals surface area contributed by atoms with Crippen LogP contribution in [0.5, 0.6) is 0 Å². The normalized spacial score (nSPS) is 11.2. The fourth-order valence-corrected chi connectivity index (χ4v) is 2.88. The maximum Gasteiger partial charge on any atom is 0.157 e. The Morgan fingerprint density at radius 1 is 1.09 bits per heavy atom. The number of fused-ring (bicyclic) bond motifs is 1. The van der Waals surface area contributed by atoms with Crippen LogP contribution in [0.25, 0.3) is 22.3 Å². The monoisotopic (exact) mass is 344 g/mol. The van der Waals surface area contributed by atoms with Gasteiger partial charge in [0.15, 0.2) is 5.76 Å². The summed E-state index contributed by atoms with van der Waals surface area (Å²) in [5.74, 6) is 0.701. The van der Waals surface area contributed by atoms with Gasteiger partial charge in [0.05, 0.1) is 17.0 Å². The zero-order valence-electron chi connectivity index (χ0n) is 11.8. The van der Waals surface area contributed by atoms with Crippen LogP contribution in [0.3, 0.4) is 0 Å². The maximum atomic E-state index is 6.19. The molecule has 114 valence electrons. The lowest BCUT2D eigenvalue weighted by Gasteiger charge is -2.01. The summed E-state index contributed by atoms with van der Waals surface area (Å²) in [5.41, 5.74) is 2.29. The molecule has 0 aliphatic heterocycles. The average Bonchev–Trinajstić information content (AvgIpc) is 3.17. The molecule has 4 aromatic rings. The van der Waals surface area contributed by atoms with Crippen LogP contribution < -0.4 is 0 Å². The lowest BCUT2D eigenvalue weighted by Crippen LogP contribution is -1.98. The average molecular weight is 345 g/mol. The van der Waals surface area contributed by atoms with Crippen molar-refractivity contribution >= 4 is 34.2 Å². The van der Waals surface area contributed by atoms with Crippen LogP contribution in [0, 0.1) is 0 Å². The quantitative estimate of drug-likeness (QED) is 0.515. The Morgan fingerprint density at radius 2 is 1.96 bits per heavy atom. The Balaban J connectivity index is 1.67. The van der Waals surface area contributed by atoms with Crippen molar-refractivity contribution in [2.45, 2.75) is 6.54 Å². The van der Waals surface area contributed by atoms with E-state index in [1.807, 2.05) is 47.2 Å². The molecular formula is C16H10Cl2N4O. The Bertz CT molecular complexity index is 993. The number of benzene rings is 1. The van der Waals surface area contributed by atoms with E-state index in [1.54, 1.807) is 0 Å². The van der Waals surface area contributed by atoms with Gasteiger partial charge >= 0.3 is 0 Å². The van der Waals surface area contributed by atoms with Crippen LogP contribution in [-0.4, -0.2) is 19.7 Å². The van der Waals surface area contributed by atoms with Gasteiger partial charge in [0, 0.05) is 17.8 Å². The minimum absolute atomic E-state index is 0.433. The number of hydrogen-bond acceptors (Lipinski definition) is 4. The van der Waals surface area contributed by atoms with Gasteiger partial charge < -0.3 is 9.09 Å². The highest BCUT2D eigenvalue weighted by Crippen LogP contribution is 2.27. The molecule has 0 fully saturated rings. The topological polar surface area (TPSA) is 56.7 Å². The molecule has 3 aromatic heterocycles. The van der Waals surface area contributed by atoms with E-state index in [-0.39, 0.29) is 0 Å². The summed E-state index contributed by atoms with van der Waals surface area (Å²) < 4.78 is 7.35. The first-order chi connectivity index (χ1) is 11.2. The highest BCUT2D eigenvalue weighted by atomic mass is 35.5. The molecule has 0 radical (unpaired) electrons. The second-order valence-electron chi connectivity index (χ2n) is 5.00. The van der Waals surface area contributed by atoms with E-state index >= 15 is 0 Å². The number of nitrogens with zero attached hydrogens (tertiary/aromatic N) is 4. The molecule has 3 heterocycles. The lowest BCUT2D eigenvalue weighted by atomic mass is 10.1. The van der Waals surface area contributed by atoms with Gasteiger partial charge in [-0.05, 0) is 12.1 Å². The van der Waals surface area contributed by atoms with Crippen molar-refractivity contribution in [2.24, 2.45) is 0 Å². The Hall–Kier alpha value is -2.37. The van der Waals surface area contributed by atoms with E-state index in [4.69, 9.17) is 27.7 Å². The summed E-state index contributed by atoms with van der Waals surface area (Å²) in [4.78, 5) is 8.23. The van der Waals surface area contributed by atoms with Crippen molar-refractivity contribution < 1.29 is 4.52 Å². The van der Waals surface area contributed by atoms with Crippen LogP contribution in [0.2, 0.25) is 10.2 Å². The summed E-state index contributed by atoms with van der Waals surface area (Å²) in [6.45, 7) is 0.494. The smallest absolute Gasteiger partial charge is 0.157 e. The summed E-state index contributed by atoms with van der Waals surface area (Å²) in [5, 5.41) is 5.97. The number of halogens is 2. The largest absolute Gasteiger partial charge is 0.359 e. The molecule has 5 nitrogen and oxygen atoms in total. The van der Waals surface area contributed by atoms with Crippen LogP contribution >= 0.6 is 23.2 Å². The Labute approximate surface area is 141 Å². The van der Waals surface area contributed by atoms with Gasteiger partial charge in [0.25, 0.3) is 0 Å². The SMILES string of the molecule is Clc1ccccc1-c1cc(Cn2ccc3c(Cl)ncnc32)on1. The highest BCUT2D eigenvalue weighted by Gasteiger charge is 2.12. The molecule has 0 unspecified atom stereocenters. The zero-order chi connectivity index (χ0) is 15.8. The van der Waals surface area contributed by atoms with Gasteiger partial charge in [-0.2, -0.15) is 0 Å². The van der Waals surface area contributed by atoms with Gasteiger partial charge in [-0.1, -0.05) is 46.6 Å². The van der Waals surface area contributed by atoms with E-state index in [0.717, 1.165) is 16.6 Å². The lowest BCUT2D eigenvalue weighted by molar-refractivity contribution is 0.379. The van der Waals surface area contributed by atoms with Gasteiger partial charge in [-0.15, -0.1) is 0 Å². The first-order valence-electron chi connectivity index (χ1n) is 6.88. The predicted octanol–water partition coefficient (Wildman–Crippen LogP) is 4.44. The molecule has 0 aliphatic carbocycles. The predicted molar refractivity (Wildman–Crippen MR) is 88.6 cm³/mol. The number of aromatic nitrogens is 4. The number of rotatable bonds is 3. The Kier molecular flexibility index (Phi) is 3.52. The third-order valence-electron chi connectivity index (χ3n) is 3.54. The number of hydrogen-bond donors (Lipinski definition) is 0. The molecule has 0 bridgehead atoms. The molecule has 0 N–H and O–H groups in total. The molecule has 7 heteroatoms. The van der Waals surface area contributed by atoms with Gasteiger partial charge in [-0.3, -0.25) is 0 Å². The molecule has 0 atom stereocenters. The van der Waals surface area contributed by atoms with E-state index < -0.39 is 0 Å². The summed E-state index contributed by atoms with van der Waals surface area (Å²) in [6, 6.07) is 11.3. The van der Waals surface area contributed by atoms with Crippen molar-refractivity contribution in [3.8, 4) is 11.3 Å². The minimum atomic E-state index is 0.433. The first kappa shape index (κ1) is 14.2. The minimum Gasteiger partial charge on any atom is -0.359 e. The highest BCUT2D eigenvalue weighted by molar-refractivity contribution is 6.34. The fraction of sp³-hybridized carbons (Fsp3) is 0.0625. The third kappa shape index (κ3) is 2.58. The second-order valence-corrected chi connectivity index (χ2v) is 5.77. The molecular weight excluding hydrogens is 335 g/mol. The summed E-state index contributed by atoms with van der Waals surface area (Å²) in [6.07, 6.45) is 3.33. The van der Waals surface area contributed by atoms with Crippen molar-refractivity contribution in [2.75, 3.05) is 0 Å².